The zero-order valence-electron chi connectivity index (χ0n) is 14.1. The van der Waals surface area contributed by atoms with Crippen molar-refractivity contribution in [2.75, 3.05) is 6.61 Å². The lowest BCUT2D eigenvalue weighted by Crippen LogP contribution is -2.45. The van der Waals surface area contributed by atoms with Crippen LogP contribution < -0.4 is 5.32 Å². The molecule has 0 rings (SSSR count). The molecule has 0 aliphatic rings. The Bertz CT molecular complexity index is 326. The second-order valence-corrected chi connectivity index (χ2v) is 5.57. The van der Waals surface area contributed by atoms with Gasteiger partial charge >= 0.3 is 0 Å². The molecule has 128 valence electrons. The Balaban J connectivity index is 3.91. The smallest absolute Gasteiger partial charge is 0.220 e. The number of allylic oxidation sites excluding steroid dienone is 3. The van der Waals surface area contributed by atoms with Gasteiger partial charge in [0.2, 0.25) is 5.91 Å². The third-order valence-electron chi connectivity index (χ3n) is 3.41. The molecule has 0 fully saturated rings. The van der Waals surface area contributed by atoms with Gasteiger partial charge in [0.25, 0.3) is 0 Å². The Kier molecular flexibility index (Phi) is 14.0. The average Bonchev–Trinajstić information content (AvgIpc) is 2.51. The molecule has 0 spiro atoms. The van der Waals surface area contributed by atoms with Crippen molar-refractivity contribution in [2.24, 2.45) is 0 Å². The van der Waals surface area contributed by atoms with Gasteiger partial charge in [-0.1, -0.05) is 51.0 Å². The lowest BCUT2D eigenvalue weighted by molar-refractivity contribution is -0.122. The van der Waals surface area contributed by atoms with Crippen molar-refractivity contribution in [3.8, 4) is 0 Å². The molecule has 22 heavy (non-hydrogen) atoms. The van der Waals surface area contributed by atoms with Gasteiger partial charge in [-0.25, -0.2) is 0 Å². The number of rotatable bonds is 13. The number of hydrogen-bond donors (Lipinski definition) is 3. The van der Waals surface area contributed by atoms with E-state index >= 15 is 0 Å². The molecule has 2 atom stereocenters. The first-order valence-electron chi connectivity index (χ1n) is 8.55. The van der Waals surface area contributed by atoms with E-state index in [1.165, 1.54) is 19.3 Å². The van der Waals surface area contributed by atoms with Crippen LogP contribution in [-0.2, 0) is 4.79 Å². The SMILES string of the molecule is CCCCC/C=C/CC/C=C/C(O)C(CO)NC(=O)CCC. The predicted molar refractivity (Wildman–Crippen MR) is 91.6 cm³/mol. The molecule has 3 N–H and O–H groups in total. The highest BCUT2D eigenvalue weighted by Gasteiger charge is 2.17. The summed E-state index contributed by atoms with van der Waals surface area (Å²) in [6.45, 7) is 3.85. The van der Waals surface area contributed by atoms with Gasteiger partial charge in [-0.05, 0) is 32.1 Å². The van der Waals surface area contributed by atoms with Gasteiger partial charge in [-0.2, -0.15) is 0 Å². The fraction of sp³-hybridized carbons (Fsp3) is 0.722. The van der Waals surface area contributed by atoms with E-state index in [1.54, 1.807) is 6.08 Å². The van der Waals surface area contributed by atoms with Crippen LogP contribution in [0.3, 0.4) is 0 Å². The van der Waals surface area contributed by atoms with Crippen LogP contribution >= 0.6 is 0 Å². The summed E-state index contributed by atoms with van der Waals surface area (Å²) in [5.41, 5.74) is 0. The van der Waals surface area contributed by atoms with E-state index in [0.717, 1.165) is 25.7 Å². The van der Waals surface area contributed by atoms with Crippen LogP contribution in [0, 0.1) is 0 Å². The summed E-state index contributed by atoms with van der Waals surface area (Å²) in [5.74, 6) is -0.135. The van der Waals surface area contributed by atoms with Crippen LogP contribution in [0.5, 0.6) is 0 Å². The summed E-state index contributed by atoms with van der Waals surface area (Å²) < 4.78 is 0. The van der Waals surface area contributed by atoms with Crippen molar-refractivity contribution in [1.29, 1.82) is 0 Å². The van der Waals surface area contributed by atoms with Gasteiger partial charge in [0.1, 0.15) is 0 Å². The Morgan fingerprint density at radius 1 is 1.05 bits per heavy atom. The van der Waals surface area contributed by atoms with Crippen molar-refractivity contribution in [1.82, 2.24) is 5.32 Å². The zero-order chi connectivity index (χ0) is 16.6. The second kappa shape index (κ2) is 14.8. The van der Waals surface area contributed by atoms with Gasteiger partial charge in [-0.3, -0.25) is 4.79 Å². The molecule has 4 nitrogen and oxygen atoms in total. The monoisotopic (exact) mass is 311 g/mol. The lowest BCUT2D eigenvalue weighted by atomic mass is 10.1. The van der Waals surface area contributed by atoms with Crippen LogP contribution in [0.2, 0.25) is 0 Å². The Hall–Kier alpha value is -1.13. The topological polar surface area (TPSA) is 69.6 Å². The molecule has 1 amide bonds. The summed E-state index contributed by atoms with van der Waals surface area (Å²) in [6, 6.07) is -0.625. The molecule has 0 bridgehead atoms. The van der Waals surface area contributed by atoms with E-state index in [2.05, 4.69) is 24.4 Å². The van der Waals surface area contributed by atoms with Crippen LogP contribution in [0.25, 0.3) is 0 Å². The van der Waals surface area contributed by atoms with Gasteiger partial charge < -0.3 is 15.5 Å². The summed E-state index contributed by atoms with van der Waals surface area (Å²) in [4.78, 5) is 11.5. The molecule has 0 aromatic rings. The number of amides is 1. The largest absolute Gasteiger partial charge is 0.394 e. The van der Waals surface area contributed by atoms with Crippen LogP contribution in [0.15, 0.2) is 24.3 Å². The third-order valence-corrected chi connectivity index (χ3v) is 3.41. The Labute approximate surface area is 135 Å². The van der Waals surface area contributed by atoms with Crippen molar-refractivity contribution in [3.63, 3.8) is 0 Å². The molecule has 0 radical (unpaired) electrons. The molecule has 0 saturated heterocycles. The first-order valence-corrected chi connectivity index (χ1v) is 8.55. The lowest BCUT2D eigenvalue weighted by Gasteiger charge is -2.19. The number of hydrogen-bond acceptors (Lipinski definition) is 3. The fourth-order valence-electron chi connectivity index (χ4n) is 2.06. The van der Waals surface area contributed by atoms with Crippen molar-refractivity contribution < 1.29 is 15.0 Å². The molecule has 0 aliphatic heterocycles. The quantitative estimate of drug-likeness (QED) is 0.361. The Morgan fingerprint density at radius 2 is 1.73 bits per heavy atom. The molecule has 0 aromatic heterocycles. The molecule has 2 unspecified atom stereocenters. The normalized spacial score (nSPS) is 14.5. The van der Waals surface area contributed by atoms with Crippen molar-refractivity contribution >= 4 is 5.91 Å². The maximum atomic E-state index is 11.5. The number of carbonyl (C=O) groups is 1. The van der Waals surface area contributed by atoms with Crippen molar-refractivity contribution in [2.45, 2.75) is 77.4 Å². The summed E-state index contributed by atoms with van der Waals surface area (Å²) >= 11 is 0. The summed E-state index contributed by atoms with van der Waals surface area (Å²) in [5, 5.41) is 21.8. The Morgan fingerprint density at radius 3 is 2.36 bits per heavy atom. The first-order chi connectivity index (χ1) is 10.7. The van der Waals surface area contributed by atoms with Gasteiger partial charge in [0.05, 0.1) is 18.8 Å². The number of nitrogens with one attached hydrogen (secondary N) is 1. The molecule has 0 aliphatic carbocycles. The van der Waals surface area contributed by atoms with Gasteiger partial charge in [0, 0.05) is 6.42 Å². The van der Waals surface area contributed by atoms with E-state index in [-0.39, 0.29) is 12.5 Å². The maximum Gasteiger partial charge on any atom is 0.220 e. The van der Waals surface area contributed by atoms with E-state index in [0.29, 0.717) is 6.42 Å². The third kappa shape index (κ3) is 11.5. The highest BCUT2D eigenvalue weighted by molar-refractivity contribution is 5.76. The minimum atomic E-state index is -0.848. The zero-order valence-corrected chi connectivity index (χ0v) is 14.1. The fourth-order valence-corrected chi connectivity index (χ4v) is 2.06. The van der Waals surface area contributed by atoms with E-state index < -0.39 is 12.1 Å². The minimum Gasteiger partial charge on any atom is -0.394 e. The molecule has 0 aromatic carbocycles. The van der Waals surface area contributed by atoms with Gasteiger partial charge in [0.15, 0.2) is 0 Å². The number of aliphatic hydroxyl groups excluding tert-OH is 2. The van der Waals surface area contributed by atoms with E-state index in [4.69, 9.17) is 0 Å². The summed E-state index contributed by atoms with van der Waals surface area (Å²) in [7, 11) is 0. The average molecular weight is 311 g/mol. The van der Waals surface area contributed by atoms with Crippen molar-refractivity contribution in [3.05, 3.63) is 24.3 Å². The van der Waals surface area contributed by atoms with Crippen LogP contribution in [-0.4, -0.2) is 34.9 Å². The molecular weight excluding hydrogens is 278 g/mol. The number of aliphatic hydroxyl groups is 2. The van der Waals surface area contributed by atoms with Gasteiger partial charge in [-0.15, -0.1) is 0 Å². The minimum absolute atomic E-state index is 0.135. The standard InChI is InChI=1S/C18H33NO3/c1-3-5-6-7-8-9-10-11-12-14-17(21)16(15-20)19-18(22)13-4-2/h8-9,12,14,16-17,20-21H,3-7,10-11,13,15H2,1-2H3,(H,19,22)/b9-8+,14-12+. The highest BCUT2D eigenvalue weighted by Crippen LogP contribution is 2.03. The molecular formula is C18H33NO3. The predicted octanol–water partition coefficient (Wildman–Crippen LogP) is 3.10. The number of carbonyl (C=O) groups excluding carboxylic acids is 1. The van der Waals surface area contributed by atoms with Crippen LogP contribution in [0.4, 0.5) is 0 Å². The van der Waals surface area contributed by atoms with Crippen LogP contribution in [0.1, 0.15) is 65.2 Å². The molecule has 4 heteroatoms. The molecule has 0 saturated carbocycles. The first kappa shape index (κ1) is 20.9. The highest BCUT2D eigenvalue weighted by atomic mass is 16.3. The summed E-state index contributed by atoms with van der Waals surface area (Å²) in [6.07, 6.45) is 14.9. The second-order valence-electron chi connectivity index (χ2n) is 5.57. The van der Waals surface area contributed by atoms with E-state index in [9.17, 15) is 15.0 Å². The number of unbranched alkanes of at least 4 members (excludes halogenated alkanes) is 4. The molecule has 0 heterocycles. The maximum absolute atomic E-state index is 11.5. The van der Waals surface area contributed by atoms with E-state index in [1.807, 2.05) is 13.0 Å².